The van der Waals surface area contributed by atoms with Gasteiger partial charge in [0.1, 0.15) is 18.1 Å². The van der Waals surface area contributed by atoms with Crippen molar-refractivity contribution in [3.8, 4) is 40.8 Å². The van der Waals surface area contributed by atoms with Gasteiger partial charge < -0.3 is 28.9 Å². The lowest BCUT2D eigenvalue weighted by Crippen LogP contribution is -2.19. The number of aromatic nitrogens is 1. The lowest BCUT2D eigenvalue weighted by atomic mass is 10.1. The first kappa shape index (κ1) is 23.8. The van der Waals surface area contributed by atoms with E-state index in [2.05, 4.69) is 21.0 Å². The molecular formula is C28H27N3O4S. The van der Waals surface area contributed by atoms with E-state index in [0.29, 0.717) is 23.8 Å². The van der Waals surface area contributed by atoms with E-state index < -0.39 is 6.10 Å². The number of fused-ring (bicyclic) bond motifs is 5. The summed E-state index contributed by atoms with van der Waals surface area (Å²) in [6.45, 7) is 1.42. The fraction of sp³-hybridized carbons (Fsp3) is 0.250. The lowest BCUT2D eigenvalue weighted by Gasteiger charge is -2.12. The number of hydrogen-bond acceptors (Lipinski definition) is 7. The third kappa shape index (κ3) is 4.28. The number of thiophene rings is 1. The maximum Gasteiger partial charge on any atom is 0.213 e. The first-order valence-electron chi connectivity index (χ1n) is 11.5. The van der Waals surface area contributed by atoms with Crippen molar-refractivity contribution in [2.45, 2.75) is 6.10 Å². The third-order valence-electron chi connectivity index (χ3n) is 6.11. The number of benzene rings is 2. The van der Waals surface area contributed by atoms with Gasteiger partial charge in [-0.1, -0.05) is 11.1 Å². The summed E-state index contributed by atoms with van der Waals surface area (Å²) in [6, 6.07) is 11.8. The molecule has 0 saturated carbocycles. The predicted molar refractivity (Wildman–Crippen MR) is 144 cm³/mol. The van der Waals surface area contributed by atoms with Gasteiger partial charge in [-0.05, 0) is 61.3 Å². The number of H-pyrrole nitrogens is 1. The highest BCUT2D eigenvalue weighted by molar-refractivity contribution is 7.08. The van der Waals surface area contributed by atoms with Crippen LogP contribution in [0.25, 0.3) is 22.2 Å². The van der Waals surface area contributed by atoms with E-state index in [1.165, 1.54) is 0 Å². The van der Waals surface area contributed by atoms with Crippen LogP contribution in [0.1, 0.15) is 22.8 Å². The molecule has 1 aliphatic rings. The van der Waals surface area contributed by atoms with Crippen LogP contribution in [0.4, 0.5) is 0 Å². The number of oxime groups is 1. The smallest absolute Gasteiger partial charge is 0.213 e. The number of rotatable bonds is 9. The Hall–Kier alpha value is -3.93. The van der Waals surface area contributed by atoms with Crippen LogP contribution in [-0.2, 0) is 4.84 Å². The normalized spacial score (nSPS) is 13.9. The predicted octanol–water partition coefficient (Wildman–Crippen LogP) is 5.31. The van der Waals surface area contributed by atoms with Crippen LogP contribution >= 0.6 is 11.3 Å². The Labute approximate surface area is 214 Å². The lowest BCUT2D eigenvalue weighted by molar-refractivity contribution is 0.100. The van der Waals surface area contributed by atoms with Gasteiger partial charge in [-0.25, -0.2) is 0 Å². The molecule has 4 aromatic rings. The standard InChI is InChI=1S/C28H27N3O4S/c1-6-23(17-9-12-36-16-17)35-30-28-20-15-25(33-5)24(32-4)14-19(20)27-26(28)21-13-18(7-8-22(21)29-27)34-11-10-31(2)3/h1,7-9,12-16,23,29H,10-11H2,2-5H3/b30-28-. The van der Waals surface area contributed by atoms with Gasteiger partial charge in [-0.15, -0.1) is 6.42 Å². The van der Waals surface area contributed by atoms with Crippen molar-refractivity contribution in [2.75, 3.05) is 41.5 Å². The molecule has 0 fully saturated rings. The maximum absolute atomic E-state index is 6.01. The monoisotopic (exact) mass is 501 g/mol. The van der Waals surface area contributed by atoms with Crippen LogP contribution in [0.5, 0.6) is 17.2 Å². The molecule has 2 aromatic heterocycles. The van der Waals surface area contributed by atoms with Crippen LogP contribution in [0.2, 0.25) is 0 Å². The number of methoxy groups -OCH3 is 2. The van der Waals surface area contributed by atoms with E-state index in [0.717, 1.165) is 51.1 Å². The van der Waals surface area contributed by atoms with E-state index in [1.54, 1.807) is 25.6 Å². The molecule has 0 aliphatic heterocycles. The van der Waals surface area contributed by atoms with Crippen LogP contribution in [0, 0.1) is 12.3 Å². The van der Waals surface area contributed by atoms with Crippen molar-refractivity contribution in [1.82, 2.24) is 9.88 Å². The highest BCUT2D eigenvalue weighted by Crippen LogP contribution is 2.46. The first-order chi connectivity index (χ1) is 17.5. The summed E-state index contributed by atoms with van der Waals surface area (Å²) in [5.41, 5.74) is 6.22. The summed E-state index contributed by atoms with van der Waals surface area (Å²) in [7, 11) is 7.28. The third-order valence-corrected chi connectivity index (χ3v) is 6.81. The fourth-order valence-corrected chi connectivity index (χ4v) is 4.96. The highest BCUT2D eigenvalue weighted by Gasteiger charge is 2.32. The van der Waals surface area contributed by atoms with Crippen LogP contribution in [-0.4, -0.2) is 57.1 Å². The molecule has 5 rings (SSSR count). The minimum atomic E-state index is -0.591. The molecule has 1 atom stereocenters. The number of likely N-dealkylation sites (N-methyl/N-ethyl adjacent to an activating group) is 1. The number of nitrogens with one attached hydrogen (secondary N) is 1. The van der Waals surface area contributed by atoms with Gasteiger partial charge in [-0.2, -0.15) is 11.3 Å². The van der Waals surface area contributed by atoms with Gasteiger partial charge in [0.05, 0.1) is 19.9 Å². The summed E-state index contributed by atoms with van der Waals surface area (Å²) in [4.78, 5) is 11.6. The Morgan fingerprint density at radius 3 is 2.53 bits per heavy atom. The molecule has 0 spiro atoms. The van der Waals surface area contributed by atoms with Crippen molar-refractivity contribution in [3.05, 3.63) is 63.8 Å². The van der Waals surface area contributed by atoms with Crippen molar-refractivity contribution < 1.29 is 19.0 Å². The number of hydrogen-bond donors (Lipinski definition) is 1. The Bertz CT molecular complexity index is 1460. The zero-order valence-electron chi connectivity index (χ0n) is 20.6. The molecule has 1 N–H and O–H groups in total. The molecular weight excluding hydrogens is 474 g/mol. The summed E-state index contributed by atoms with van der Waals surface area (Å²) in [5, 5.41) is 9.53. The molecule has 2 aromatic carbocycles. The van der Waals surface area contributed by atoms with Gasteiger partial charge >= 0.3 is 0 Å². The largest absolute Gasteiger partial charge is 0.493 e. The van der Waals surface area contributed by atoms with E-state index in [4.69, 9.17) is 25.5 Å². The van der Waals surface area contributed by atoms with Crippen LogP contribution in [0.15, 0.2) is 52.3 Å². The Balaban J connectivity index is 1.62. The molecule has 0 amide bonds. The zero-order valence-corrected chi connectivity index (χ0v) is 21.4. The minimum absolute atomic E-state index is 0.591. The maximum atomic E-state index is 6.01. The SMILES string of the molecule is C#CC(O/N=C1/c2cc(OC)c(OC)cc2-c2[nH]c3ccc(OCCN(C)C)cc3c21)c1ccsc1. The molecule has 0 radical (unpaired) electrons. The minimum Gasteiger partial charge on any atom is -0.493 e. The summed E-state index contributed by atoms with van der Waals surface area (Å²) < 4.78 is 17.2. The molecule has 0 bridgehead atoms. The zero-order chi connectivity index (χ0) is 25.2. The Morgan fingerprint density at radius 2 is 1.86 bits per heavy atom. The van der Waals surface area contributed by atoms with Gasteiger partial charge in [-0.3, -0.25) is 0 Å². The summed E-state index contributed by atoms with van der Waals surface area (Å²) in [6.07, 6.45) is 5.19. The number of aromatic amines is 1. The molecule has 36 heavy (non-hydrogen) atoms. The van der Waals surface area contributed by atoms with Crippen LogP contribution < -0.4 is 14.2 Å². The van der Waals surface area contributed by atoms with E-state index >= 15 is 0 Å². The molecule has 184 valence electrons. The Kier molecular flexibility index (Phi) is 6.59. The second-order valence-corrected chi connectivity index (χ2v) is 9.42. The average Bonchev–Trinajstić information content (AvgIpc) is 3.60. The fourth-order valence-electron chi connectivity index (χ4n) is 4.28. The highest BCUT2D eigenvalue weighted by atomic mass is 32.1. The van der Waals surface area contributed by atoms with E-state index in [9.17, 15) is 0 Å². The van der Waals surface area contributed by atoms with Crippen molar-refractivity contribution in [1.29, 1.82) is 0 Å². The van der Waals surface area contributed by atoms with Crippen molar-refractivity contribution >= 4 is 28.0 Å². The summed E-state index contributed by atoms with van der Waals surface area (Å²) >= 11 is 1.56. The molecule has 8 heteroatoms. The van der Waals surface area contributed by atoms with Gasteiger partial charge in [0, 0.05) is 39.7 Å². The quantitative estimate of drug-likeness (QED) is 0.219. The molecule has 7 nitrogen and oxygen atoms in total. The molecule has 1 aliphatic carbocycles. The topological polar surface area (TPSA) is 68.3 Å². The van der Waals surface area contributed by atoms with E-state index in [-0.39, 0.29) is 0 Å². The molecule has 0 saturated heterocycles. The number of terminal acetylenes is 1. The van der Waals surface area contributed by atoms with Gasteiger partial charge in [0.2, 0.25) is 6.10 Å². The Morgan fingerprint density at radius 1 is 1.08 bits per heavy atom. The second kappa shape index (κ2) is 9.97. The molecule has 1 unspecified atom stereocenters. The molecule has 2 heterocycles. The van der Waals surface area contributed by atoms with Crippen LogP contribution in [0.3, 0.4) is 0 Å². The van der Waals surface area contributed by atoms with Gasteiger partial charge in [0.25, 0.3) is 0 Å². The van der Waals surface area contributed by atoms with Gasteiger partial charge in [0.15, 0.2) is 11.5 Å². The number of ether oxygens (including phenoxy) is 3. The van der Waals surface area contributed by atoms with Crippen molar-refractivity contribution in [3.63, 3.8) is 0 Å². The average molecular weight is 502 g/mol. The first-order valence-corrected chi connectivity index (χ1v) is 12.4. The number of nitrogens with zero attached hydrogens (tertiary/aromatic N) is 2. The van der Waals surface area contributed by atoms with E-state index in [1.807, 2.05) is 61.3 Å². The second-order valence-electron chi connectivity index (χ2n) is 8.64. The summed E-state index contributed by atoms with van der Waals surface area (Å²) in [5.74, 6) is 4.72. The van der Waals surface area contributed by atoms with Crippen molar-refractivity contribution in [2.24, 2.45) is 5.16 Å².